The van der Waals surface area contributed by atoms with E-state index in [1.807, 2.05) is 20.2 Å². The molecule has 0 spiro atoms. The summed E-state index contributed by atoms with van der Waals surface area (Å²) in [5.74, 6) is 0.404. The second-order valence-electron chi connectivity index (χ2n) is 11.4. The lowest BCUT2D eigenvalue weighted by Gasteiger charge is -2.37. The van der Waals surface area contributed by atoms with Gasteiger partial charge in [-0.15, -0.1) is 0 Å². The van der Waals surface area contributed by atoms with E-state index in [9.17, 15) is 17.6 Å². The number of sulfonamides is 1. The fraction of sp³-hybridized carbons (Fsp3) is 0.567. The van der Waals surface area contributed by atoms with Crippen molar-refractivity contribution in [3.05, 3.63) is 63.9 Å². The van der Waals surface area contributed by atoms with Gasteiger partial charge in [0.2, 0.25) is 15.9 Å². The molecule has 2 aromatic rings. The van der Waals surface area contributed by atoms with E-state index >= 15 is 0 Å². The van der Waals surface area contributed by atoms with Gasteiger partial charge in [-0.3, -0.25) is 4.79 Å². The van der Waals surface area contributed by atoms with Gasteiger partial charge in [0.15, 0.2) is 0 Å². The minimum absolute atomic E-state index is 0.0964. The number of hydrogen-bond acceptors (Lipinski definition) is 5. The molecule has 2 atom stereocenters. The summed E-state index contributed by atoms with van der Waals surface area (Å²) in [6.45, 7) is 1.00. The van der Waals surface area contributed by atoms with Crippen LogP contribution in [0, 0.1) is 17.7 Å². The second kappa shape index (κ2) is 14.6. The number of carbonyl (C=O) groups is 1. The van der Waals surface area contributed by atoms with Crippen molar-refractivity contribution in [3.63, 3.8) is 0 Å². The Bertz CT molecular complexity index is 1290. The predicted octanol–water partition coefficient (Wildman–Crippen LogP) is 5.92. The van der Waals surface area contributed by atoms with Gasteiger partial charge in [0.25, 0.3) is 0 Å². The Labute approximate surface area is 253 Å². The van der Waals surface area contributed by atoms with Crippen molar-refractivity contribution in [3.8, 4) is 0 Å². The summed E-state index contributed by atoms with van der Waals surface area (Å²) in [6.07, 6.45) is 6.34. The van der Waals surface area contributed by atoms with Crippen LogP contribution in [-0.4, -0.2) is 70.0 Å². The second-order valence-corrected chi connectivity index (χ2v) is 14.1. The average molecular weight is 629 g/mol. The molecule has 7 nitrogen and oxygen atoms in total. The maximum Gasteiger partial charge on any atom is 0.246 e. The molecule has 1 aliphatic heterocycles. The van der Waals surface area contributed by atoms with Crippen molar-refractivity contribution in [2.45, 2.75) is 61.9 Å². The van der Waals surface area contributed by atoms with Gasteiger partial charge in [-0.05, 0) is 100 Å². The Morgan fingerprint density at radius 3 is 2.51 bits per heavy atom. The first-order valence-corrected chi connectivity index (χ1v) is 16.5. The molecule has 1 heterocycles. The maximum atomic E-state index is 13.9. The summed E-state index contributed by atoms with van der Waals surface area (Å²) in [5.41, 5.74) is 1.00. The van der Waals surface area contributed by atoms with E-state index in [2.05, 4.69) is 10.2 Å². The number of rotatable bonds is 11. The zero-order valence-corrected chi connectivity index (χ0v) is 26.0. The molecule has 2 aliphatic rings. The number of hydrogen-bond donors (Lipinski definition) is 1. The van der Waals surface area contributed by atoms with Gasteiger partial charge >= 0.3 is 0 Å². The van der Waals surface area contributed by atoms with Crippen LogP contribution in [0.25, 0.3) is 0 Å². The van der Waals surface area contributed by atoms with Crippen molar-refractivity contribution in [1.82, 2.24) is 14.5 Å². The molecule has 226 valence electrons. The Balaban J connectivity index is 1.22. The van der Waals surface area contributed by atoms with Crippen molar-refractivity contribution < 1.29 is 22.3 Å². The van der Waals surface area contributed by atoms with Crippen LogP contribution in [0.3, 0.4) is 0 Å². The van der Waals surface area contributed by atoms with E-state index in [1.54, 1.807) is 12.1 Å². The van der Waals surface area contributed by atoms with Crippen LogP contribution >= 0.6 is 23.2 Å². The fourth-order valence-electron chi connectivity index (χ4n) is 6.22. The first-order valence-electron chi connectivity index (χ1n) is 14.3. The van der Waals surface area contributed by atoms with Crippen LogP contribution in [0.15, 0.2) is 47.4 Å². The molecule has 2 unspecified atom stereocenters. The van der Waals surface area contributed by atoms with Crippen LogP contribution in [0.5, 0.6) is 0 Å². The molecule has 2 fully saturated rings. The van der Waals surface area contributed by atoms with Crippen LogP contribution in [-0.2, 0) is 19.6 Å². The number of piperidine rings is 1. The van der Waals surface area contributed by atoms with Crippen molar-refractivity contribution in [2.24, 2.45) is 11.8 Å². The van der Waals surface area contributed by atoms with Gasteiger partial charge in [-0.2, -0.15) is 4.31 Å². The SMILES string of the molecule is CN(C)C(c1cccc(F)c1)C1CCC(CNC(=O)COCC2CCCCN2S(=O)(=O)c2ccc(Cl)c(Cl)c2)CC1. The summed E-state index contributed by atoms with van der Waals surface area (Å²) >= 11 is 12.0. The minimum Gasteiger partial charge on any atom is -0.370 e. The van der Waals surface area contributed by atoms with Crippen LogP contribution < -0.4 is 5.32 Å². The number of nitrogens with one attached hydrogen (secondary N) is 1. The standard InChI is InChI=1S/C30H40Cl2FN3O4S/c1-35(2)30(23-6-5-7-24(33)16-23)22-11-9-21(10-12-22)18-34-29(37)20-40-19-25-8-3-4-15-36(25)41(38,39)26-13-14-27(31)28(32)17-26/h5-7,13-14,16-17,21-22,25,30H,3-4,8-12,15,18-20H2,1-2H3,(H,34,37). The highest BCUT2D eigenvalue weighted by atomic mass is 35.5. The van der Waals surface area contributed by atoms with Crippen LogP contribution in [0.2, 0.25) is 10.0 Å². The third-order valence-electron chi connectivity index (χ3n) is 8.29. The van der Waals surface area contributed by atoms with Crippen LogP contribution in [0.1, 0.15) is 56.6 Å². The molecular formula is C30H40Cl2FN3O4S. The molecule has 1 saturated carbocycles. The zero-order chi connectivity index (χ0) is 29.6. The lowest BCUT2D eigenvalue weighted by Crippen LogP contribution is -2.46. The molecule has 0 aromatic heterocycles. The van der Waals surface area contributed by atoms with E-state index in [4.69, 9.17) is 27.9 Å². The van der Waals surface area contributed by atoms with E-state index < -0.39 is 10.0 Å². The molecule has 1 amide bonds. The van der Waals surface area contributed by atoms with Crippen molar-refractivity contribution >= 4 is 39.1 Å². The third-order valence-corrected chi connectivity index (χ3v) is 11.0. The summed E-state index contributed by atoms with van der Waals surface area (Å²) in [7, 11) is 0.304. The normalized spacial score (nSPS) is 22.9. The highest BCUT2D eigenvalue weighted by Gasteiger charge is 2.34. The van der Waals surface area contributed by atoms with Crippen LogP contribution in [0.4, 0.5) is 4.39 Å². The first kappa shape index (κ1) is 32.2. The van der Waals surface area contributed by atoms with E-state index in [-0.39, 0.29) is 46.9 Å². The van der Waals surface area contributed by atoms with Gasteiger partial charge in [0, 0.05) is 25.2 Å². The molecule has 1 aliphatic carbocycles. The number of ether oxygens (including phenoxy) is 1. The summed E-state index contributed by atoms with van der Waals surface area (Å²) in [4.78, 5) is 14.8. The highest BCUT2D eigenvalue weighted by Crippen LogP contribution is 2.39. The van der Waals surface area contributed by atoms with Gasteiger partial charge in [0.05, 0.1) is 21.5 Å². The van der Waals surface area contributed by atoms with E-state index in [0.29, 0.717) is 36.4 Å². The molecule has 11 heteroatoms. The lowest BCUT2D eigenvalue weighted by molar-refractivity contribution is -0.126. The number of carbonyl (C=O) groups excluding carboxylic acids is 1. The van der Waals surface area contributed by atoms with E-state index in [0.717, 1.165) is 44.1 Å². The molecule has 1 saturated heterocycles. The van der Waals surface area contributed by atoms with Crippen molar-refractivity contribution in [1.29, 1.82) is 0 Å². The number of benzene rings is 2. The van der Waals surface area contributed by atoms with Gasteiger partial charge in [-0.1, -0.05) is 41.8 Å². The molecular weight excluding hydrogens is 588 g/mol. The van der Waals surface area contributed by atoms with Crippen molar-refractivity contribution in [2.75, 3.05) is 40.4 Å². The van der Waals surface area contributed by atoms with Gasteiger partial charge in [-0.25, -0.2) is 12.8 Å². The molecule has 1 N–H and O–H groups in total. The molecule has 2 aromatic carbocycles. The monoisotopic (exact) mass is 627 g/mol. The summed E-state index contributed by atoms with van der Waals surface area (Å²) < 4.78 is 47.6. The number of halogens is 3. The zero-order valence-electron chi connectivity index (χ0n) is 23.7. The third kappa shape index (κ3) is 8.42. The Kier molecular flexibility index (Phi) is 11.5. The molecule has 41 heavy (non-hydrogen) atoms. The molecule has 0 radical (unpaired) electrons. The molecule has 4 rings (SSSR count). The minimum atomic E-state index is -3.77. The summed E-state index contributed by atoms with van der Waals surface area (Å²) in [5, 5.41) is 3.47. The summed E-state index contributed by atoms with van der Waals surface area (Å²) in [6, 6.07) is 11.0. The Hall–Kier alpha value is -1.75. The fourth-order valence-corrected chi connectivity index (χ4v) is 8.29. The Morgan fingerprint density at radius 1 is 1.07 bits per heavy atom. The predicted molar refractivity (Wildman–Crippen MR) is 160 cm³/mol. The topological polar surface area (TPSA) is 79.0 Å². The lowest BCUT2D eigenvalue weighted by atomic mass is 9.76. The Morgan fingerprint density at radius 2 is 1.83 bits per heavy atom. The molecule has 0 bridgehead atoms. The largest absolute Gasteiger partial charge is 0.370 e. The number of nitrogens with zero attached hydrogens (tertiary/aromatic N) is 2. The maximum absolute atomic E-state index is 13.9. The highest BCUT2D eigenvalue weighted by molar-refractivity contribution is 7.89. The average Bonchev–Trinajstić information content (AvgIpc) is 2.94. The smallest absolute Gasteiger partial charge is 0.246 e. The van der Waals surface area contributed by atoms with Gasteiger partial charge in [0.1, 0.15) is 12.4 Å². The quantitative estimate of drug-likeness (QED) is 0.335. The number of amides is 1. The van der Waals surface area contributed by atoms with E-state index in [1.165, 1.54) is 28.6 Å². The van der Waals surface area contributed by atoms with Gasteiger partial charge < -0.3 is 15.0 Å². The first-order chi connectivity index (χ1) is 19.6.